The molecule has 0 aromatic heterocycles. The average Bonchev–Trinajstić information content (AvgIpc) is 2.62. The second-order valence-corrected chi connectivity index (χ2v) is 8.85. The van der Waals surface area contributed by atoms with Crippen LogP contribution in [0.25, 0.3) is 0 Å². The van der Waals surface area contributed by atoms with Crippen molar-refractivity contribution in [2.24, 2.45) is 0 Å². The zero-order valence-electron chi connectivity index (χ0n) is 14.3. The van der Waals surface area contributed by atoms with E-state index in [2.05, 4.69) is 0 Å². The lowest BCUT2D eigenvalue weighted by molar-refractivity contribution is -0.917. The van der Waals surface area contributed by atoms with Crippen LogP contribution in [0.2, 0.25) is 5.02 Å². The maximum atomic E-state index is 12.7. The number of alkyl halides is 3. The first-order valence-corrected chi connectivity index (χ1v) is 10.2. The molecule has 0 amide bonds. The predicted molar refractivity (Wildman–Crippen MR) is 96.1 cm³/mol. The molecule has 9 heteroatoms. The first kappa shape index (κ1) is 20.1. The Kier molecular flexibility index (Phi) is 5.81. The number of piperazine rings is 1. The van der Waals surface area contributed by atoms with Crippen LogP contribution in [-0.4, -0.2) is 38.9 Å². The van der Waals surface area contributed by atoms with Crippen LogP contribution in [0.1, 0.15) is 11.1 Å². The molecule has 1 aliphatic heterocycles. The molecule has 0 radical (unpaired) electrons. The van der Waals surface area contributed by atoms with Gasteiger partial charge in [0.25, 0.3) is 0 Å². The number of rotatable bonds is 4. The van der Waals surface area contributed by atoms with Crippen molar-refractivity contribution in [1.82, 2.24) is 4.31 Å². The highest BCUT2D eigenvalue weighted by atomic mass is 35.5. The van der Waals surface area contributed by atoms with Crippen LogP contribution < -0.4 is 4.90 Å². The molecule has 1 fully saturated rings. The number of sulfonamides is 1. The van der Waals surface area contributed by atoms with Gasteiger partial charge in [0.05, 0.1) is 36.6 Å². The van der Waals surface area contributed by atoms with E-state index in [4.69, 9.17) is 11.6 Å². The molecule has 0 aliphatic carbocycles. The molecule has 4 nitrogen and oxygen atoms in total. The summed E-state index contributed by atoms with van der Waals surface area (Å²) in [5.41, 5.74) is 0.132. The summed E-state index contributed by atoms with van der Waals surface area (Å²) in [6.45, 7) is 2.47. The van der Waals surface area contributed by atoms with Gasteiger partial charge in [-0.05, 0) is 36.4 Å². The van der Waals surface area contributed by atoms with Crippen LogP contribution in [0.5, 0.6) is 0 Å². The molecule has 1 heterocycles. The van der Waals surface area contributed by atoms with Crippen molar-refractivity contribution in [1.29, 1.82) is 0 Å². The van der Waals surface area contributed by atoms with Crippen LogP contribution in [0.3, 0.4) is 0 Å². The molecule has 1 aliphatic rings. The lowest BCUT2D eigenvalue weighted by atomic mass is 10.1. The summed E-state index contributed by atoms with van der Waals surface area (Å²) in [7, 11) is -3.56. The van der Waals surface area contributed by atoms with Gasteiger partial charge in [0.1, 0.15) is 6.54 Å². The Balaban J connectivity index is 1.59. The molecule has 3 rings (SSSR count). The van der Waals surface area contributed by atoms with Crippen molar-refractivity contribution >= 4 is 21.6 Å². The summed E-state index contributed by atoms with van der Waals surface area (Å²) < 4.78 is 64.6. The Morgan fingerprint density at radius 3 is 2.04 bits per heavy atom. The van der Waals surface area contributed by atoms with E-state index in [0.29, 0.717) is 37.7 Å². The molecular formula is C18H19ClF3N2O2S+. The smallest absolute Gasteiger partial charge is 0.329 e. The van der Waals surface area contributed by atoms with Crippen molar-refractivity contribution in [3.05, 3.63) is 64.7 Å². The highest BCUT2D eigenvalue weighted by molar-refractivity contribution is 7.89. The lowest BCUT2D eigenvalue weighted by Crippen LogP contribution is -3.13. The van der Waals surface area contributed by atoms with E-state index in [9.17, 15) is 21.6 Å². The summed E-state index contributed by atoms with van der Waals surface area (Å²) in [6.07, 6.45) is -4.34. The van der Waals surface area contributed by atoms with Gasteiger partial charge in [-0.3, -0.25) is 0 Å². The molecule has 2 aromatic rings. The topological polar surface area (TPSA) is 41.8 Å². The van der Waals surface area contributed by atoms with Gasteiger partial charge in [0, 0.05) is 10.6 Å². The zero-order chi connectivity index (χ0) is 19.7. The van der Waals surface area contributed by atoms with Crippen LogP contribution in [0, 0.1) is 0 Å². The van der Waals surface area contributed by atoms with Gasteiger partial charge in [-0.15, -0.1) is 0 Å². The van der Waals surface area contributed by atoms with Gasteiger partial charge < -0.3 is 4.90 Å². The highest BCUT2D eigenvalue weighted by Gasteiger charge is 2.31. The normalized spacial score (nSPS) is 17.2. The summed E-state index contributed by atoms with van der Waals surface area (Å²) in [5.74, 6) is 0. The van der Waals surface area contributed by atoms with E-state index in [-0.39, 0.29) is 4.90 Å². The molecular weight excluding hydrogens is 401 g/mol. The van der Waals surface area contributed by atoms with Crippen LogP contribution in [0.4, 0.5) is 13.2 Å². The second kappa shape index (κ2) is 7.79. The monoisotopic (exact) mass is 419 g/mol. The third-order valence-electron chi connectivity index (χ3n) is 4.62. The zero-order valence-corrected chi connectivity index (χ0v) is 15.9. The van der Waals surface area contributed by atoms with Gasteiger partial charge in [-0.1, -0.05) is 23.7 Å². The predicted octanol–water partition coefficient (Wildman–Crippen LogP) is 2.45. The van der Waals surface area contributed by atoms with Crippen molar-refractivity contribution in [3.8, 4) is 0 Å². The lowest BCUT2D eigenvalue weighted by Gasteiger charge is -2.31. The Labute approximate surface area is 161 Å². The fourth-order valence-corrected chi connectivity index (χ4v) is 4.64. The Bertz CT molecular complexity index is 876. The fourth-order valence-electron chi connectivity index (χ4n) is 3.08. The fraction of sp³-hybridized carbons (Fsp3) is 0.333. The number of nitrogens with one attached hydrogen (secondary N) is 1. The Hall–Kier alpha value is -1.61. The highest BCUT2D eigenvalue weighted by Crippen LogP contribution is 2.29. The van der Waals surface area contributed by atoms with Gasteiger partial charge >= 0.3 is 6.18 Å². The number of quaternary nitrogens is 1. The van der Waals surface area contributed by atoms with Crippen LogP contribution in [0.15, 0.2) is 53.4 Å². The Morgan fingerprint density at radius 1 is 0.963 bits per heavy atom. The molecule has 2 aromatic carbocycles. The van der Waals surface area contributed by atoms with Crippen molar-refractivity contribution in [2.45, 2.75) is 17.6 Å². The van der Waals surface area contributed by atoms with Crippen molar-refractivity contribution < 1.29 is 26.5 Å². The first-order valence-electron chi connectivity index (χ1n) is 8.42. The molecule has 0 unspecified atom stereocenters. The minimum atomic E-state index is -4.34. The molecule has 146 valence electrons. The van der Waals surface area contributed by atoms with Crippen LogP contribution in [-0.2, 0) is 22.7 Å². The average molecular weight is 420 g/mol. The van der Waals surface area contributed by atoms with E-state index in [0.717, 1.165) is 22.6 Å². The quantitative estimate of drug-likeness (QED) is 0.827. The van der Waals surface area contributed by atoms with Gasteiger partial charge in [-0.2, -0.15) is 17.5 Å². The van der Waals surface area contributed by atoms with Crippen molar-refractivity contribution in [2.75, 3.05) is 26.2 Å². The molecule has 27 heavy (non-hydrogen) atoms. The molecule has 0 atom stereocenters. The summed E-state index contributed by atoms with van der Waals surface area (Å²) in [5, 5.41) is 0.472. The van der Waals surface area contributed by atoms with E-state index in [1.807, 2.05) is 0 Å². The molecule has 1 saturated heterocycles. The molecule has 1 N–H and O–H groups in total. The summed E-state index contributed by atoms with van der Waals surface area (Å²) >= 11 is 5.80. The maximum Gasteiger partial charge on any atom is 0.416 e. The maximum absolute atomic E-state index is 12.7. The SMILES string of the molecule is O=S(=O)(c1ccc(Cl)cc1)N1CC[NH+](Cc2ccc(C(F)(F)F)cc2)CC1. The van der Waals surface area contributed by atoms with E-state index >= 15 is 0 Å². The van der Waals surface area contributed by atoms with Crippen molar-refractivity contribution in [3.63, 3.8) is 0 Å². The van der Waals surface area contributed by atoms with E-state index in [1.165, 1.54) is 28.6 Å². The third kappa shape index (κ3) is 4.82. The third-order valence-corrected chi connectivity index (χ3v) is 6.78. The number of hydrogen-bond acceptors (Lipinski definition) is 2. The standard InChI is InChI=1S/C18H18ClF3N2O2S/c19-16-5-7-17(8-6-16)27(25,26)24-11-9-23(10-12-24)13-14-1-3-15(4-2-14)18(20,21)22/h1-8H,9-13H2/p+1. The van der Waals surface area contributed by atoms with Gasteiger partial charge in [-0.25, -0.2) is 8.42 Å². The van der Waals surface area contributed by atoms with E-state index in [1.54, 1.807) is 12.1 Å². The second-order valence-electron chi connectivity index (χ2n) is 6.48. The molecule has 0 saturated carbocycles. The number of nitrogens with zero attached hydrogens (tertiary/aromatic N) is 1. The number of hydrogen-bond donors (Lipinski definition) is 1. The minimum absolute atomic E-state index is 0.207. The minimum Gasteiger partial charge on any atom is -0.329 e. The largest absolute Gasteiger partial charge is 0.416 e. The van der Waals surface area contributed by atoms with E-state index < -0.39 is 21.8 Å². The first-order chi connectivity index (χ1) is 12.7. The van der Waals surface area contributed by atoms with Gasteiger partial charge in [0.2, 0.25) is 10.0 Å². The Morgan fingerprint density at radius 2 is 1.52 bits per heavy atom. The summed E-state index contributed by atoms with van der Waals surface area (Å²) in [4.78, 5) is 1.34. The number of halogens is 4. The van der Waals surface area contributed by atoms with Gasteiger partial charge in [0.15, 0.2) is 0 Å². The summed E-state index contributed by atoms with van der Waals surface area (Å²) in [6, 6.07) is 11.2. The molecule has 0 bridgehead atoms. The molecule has 0 spiro atoms. The van der Waals surface area contributed by atoms with Crippen LogP contribution >= 0.6 is 11.6 Å². The number of benzene rings is 2.